The topological polar surface area (TPSA) is 0 Å². The van der Waals surface area contributed by atoms with Crippen LogP contribution in [-0.4, -0.2) is 3.21 Å². The molecular formula is C28H31Cl2Zr-. The number of hydrogen-bond donors (Lipinski definition) is 0. The Kier molecular flexibility index (Phi) is 10.7. The number of hydrogen-bond acceptors (Lipinski definition) is 0. The average Bonchev–Trinajstić information content (AvgIpc) is 3.41. The summed E-state index contributed by atoms with van der Waals surface area (Å²) in [6, 6.07) is 12.7. The molecule has 0 nitrogen and oxygen atoms in total. The molecule has 3 aliphatic rings. The third-order valence-corrected chi connectivity index (χ3v) is 7.69. The summed E-state index contributed by atoms with van der Waals surface area (Å²) < 4.78 is 1.80. The van der Waals surface area contributed by atoms with Gasteiger partial charge in [-0.25, -0.2) is 0 Å². The first-order chi connectivity index (χ1) is 14.2. The predicted molar refractivity (Wildman–Crippen MR) is 122 cm³/mol. The molecule has 0 atom stereocenters. The first kappa shape index (κ1) is 26.5. The molecule has 0 aromatic heterocycles. The van der Waals surface area contributed by atoms with Gasteiger partial charge in [0.15, 0.2) is 0 Å². The maximum absolute atomic E-state index is 3.80. The fraction of sp³-hybridized carbons (Fsp3) is 0.393. The summed E-state index contributed by atoms with van der Waals surface area (Å²) in [5.41, 5.74) is 11.6. The van der Waals surface area contributed by atoms with Gasteiger partial charge in [-0.05, 0) is 24.8 Å². The van der Waals surface area contributed by atoms with Crippen LogP contribution in [0.25, 0.3) is 16.7 Å². The Morgan fingerprint density at radius 1 is 0.935 bits per heavy atom. The Bertz CT molecular complexity index is 977. The van der Waals surface area contributed by atoms with E-state index in [2.05, 4.69) is 62.4 Å². The average molecular weight is 530 g/mol. The van der Waals surface area contributed by atoms with E-state index in [0.717, 1.165) is 25.7 Å². The van der Waals surface area contributed by atoms with E-state index in [1.165, 1.54) is 71.1 Å². The molecule has 2 aromatic carbocycles. The van der Waals surface area contributed by atoms with Crippen LogP contribution >= 0.6 is 0 Å². The van der Waals surface area contributed by atoms with Crippen molar-refractivity contribution in [1.82, 2.24) is 0 Å². The zero-order valence-electron chi connectivity index (χ0n) is 18.7. The van der Waals surface area contributed by atoms with E-state index in [1.54, 1.807) is 33.0 Å². The normalized spacial score (nSPS) is 15.7. The standard InChI is InChI=1S/C22H21.C6H10.2ClH.Zr/c1-3-18-19(4-2)22-17(13-16-11-7-8-12-20(16)22)14-21(18)15-9-5-6-10-15;1-2-4-6-5-3-1;;;/h5-9,11-12H,3-4,10,13H2,1-2H3;1-5H2;2*1H;/q-1;;;;+2/p-2. The van der Waals surface area contributed by atoms with Crippen LogP contribution in [0, 0.1) is 6.07 Å². The van der Waals surface area contributed by atoms with Crippen LogP contribution in [0.4, 0.5) is 0 Å². The van der Waals surface area contributed by atoms with Gasteiger partial charge in [0.2, 0.25) is 0 Å². The molecule has 5 rings (SSSR count). The van der Waals surface area contributed by atoms with Crippen molar-refractivity contribution in [1.29, 1.82) is 0 Å². The van der Waals surface area contributed by atoms with Gasteiger partial charge >= 0.3 is 59.5 Å². The molecule has 0 radical (unpaired) electrons. The Labute approximate surface area is 215 Å². The molecule has 0 heterocycles. The third kappa shape index (κ3) is 5.79. The number of halogens is 2. The van der Waals surface area contributed by atoms with E-state index < -0.39 is 0 Å². The number of benzene rings is 2. The summed E-state index contributed by atoms with van der Waals surface area (Å²) in [5.74, 6) is 0. The molecule has 0 spiro atoms. The van der Waals surface area contributed by atoms with Crippen molar-refractivity contribution in [2.75, 3.05) is 0 Å². The van der Waals surface area contributed by atoms with Gasteiger partial charge in [0.1, 0.15) is 0 Å². The second-order valence-corrected chi connectivity index (χ2v) is 10.1. The molecule has 0 amide bonds. The fourth-order valence-electron chi connectivity index (χ4n) is 5.00. The predicted octanol–water partition coefficient (Wildman–Crippen LogP) is 1.20. The van der Waals surface area contributed by atoms with E-state index in [1.807, 2.05) is 0 Å². The van der Waals surface area contributed by atoms with Crippen molar-refractivity contribution in [2.24, 2.45) is 0 Å². The van der Waals surface area contributed by atoms with Gasteiger partial charge in [-0.2, -0.15) is 0 Å². The fourth-order valence-corrected chi connectivity index (χ4v) is 5.87. The van der Waals surface area contributed by atoms with Crippen molar-refractivity contribution < 1.29 is 49.0 Å². The quantitative estimate of drug-likeness (QED) is 0.448. The molecule has 0 N–H and O–H groups in total. The maximum atomic E-state index is 3.80. The second kappa shape index (κ2) is 12.5. The van der Waals surface area contributed by atoms with E-state index in [9.17, 15) is 0 Å². The Morgan fingerprint density at radius 2 is 1.65 bits per heavy atom. The molecule has 0 unspecified atom stereocenters. The summed E-state index contributed by atoms with van der Waals surface area (Å²) in [6.45, 7) is 4.57. The molecule has 1 fully saturated rings. The first-order valence-corrected chi connectivity index (χ1v) is 12.6. The van der Waals surface area contributed by atoms with Gasteiger partial charge in [0.05, 0.1) is 0 Å². The minimum atomic E-state index is 0. The summed E-state index contributed by atoms with van der Waals surface area (Å²) in [6.07, 6.45) is 18.3. The van der Waals surface area contributed by atoms with E-state index in [0.29, 0.717) is 0 Å². The molecule has 0 saturated heterocycles. The number of fused-ring (bicyclic) bond motifs is 3. The zero-order valence-corrected chi connectivity index (χ0v) is 22.6. The van der Waals surface area contributed by atoms with E-state index >= 15 is 0 Å². The molecule has 3 heteroatoms. The minimum absolute atomic E-state index is 0. The molecule has 1 saturated carbocycles. The van der Waals surface area contributed by atoms with Gasteiger partial charge in [-0.15, -0.1) is 40.0 Å². The summed E-state index contributed by atoms with van der Waals surface area (Å²) in [4.78, 5) is 0. The Balaban J connectivity index is 0.000000327. The van der Waals surface area contributed by atoms with Gasteiger partial charge in [-0.3, -0.25) is 0 Å². The second-order valence-electron chi connectivity index (χ2n) is 8.34. The van der Waals surface area contributed by atoms with Crippen LogP contribution < -0.4 is 24.8 Å². The summed E-state index contributed by atoms with van der Waals surface area (Å²) >= 11 is 1.69. The van der Waals surface area contributed by atoms with E-state index in [-0.39, 0.29) is 24.8 Å². The van der Waals surface area contributed by atoms with Crippen molar-refractivity contribution in [3.8, 4) is 11.1 Å². The van der Waals surface area contributed by atoms with Crippen LogP contribution in [0.5, 0.6) is 0 Å². The SMILES string of the molecule is CCc1c(C2=CC=CC2)[c-]c2c(c1CC)-c1ccccc1C2.[Cl-].[Cl-].[Zr+2]=[C]1CCCCC1. The molecule has 0 bridgehead atoms. The van der Waals surface area contributed by atoms with Gasteiger partial charge in [0.25, 0.3) is 0 Å². The molecule has 162 valence electrons. The van der Waals surface area contributed by atoms with Gasteiger partial charge < -0.3 is 24.8 Å². The molecule has 31 heavy (non-hydrogen) atoms. The van der Waals surface area contributed by atoms with Crippen LogP contribution in [0.15, 0.2) is 42.5 Å². The van der Waals surface area contributed by atoms with Crippen molar-refractivity contribution in [3.63, 3.8) is 0 Å². The van der Waals surface area contributed by atoms with Crippen LogP contribution in [0.3, 0.4) is 0 Å². The monoisotopic (exact) mass is 527 g/mol. The van der Waals surface area contributed by atoms with Crippen molar-refractivity contribution in [2.45, 2.75) is 71.6 Å². The molecule has 2 aromatic rings. The summed E-state index contributed by atoms with van der Waals surface area (Å²) in [5, 5.41) is 0. The van der Waals surface area contributed by atoms with Crippen LogP contribution in [0.1, 0.15) is 80.2 Å². The number of allylic oxidation sites excluding steroid dienone is 4. The first-order valence-electron chi connectivity index (χ1n) is 11.3. The number of rotatable bonds is 3. The van der Waals surface area contributed by atoms with Crippen molar-refractivity contribution in [3.05, 3.63) is 76.4 Å². The van der Waals surface area contributed by atoms with Gasteiger partial charge in [0, 0.05) is 0 Å². The van der Waals surface area contributed by atoms with E-state index in [4.69, 9.17) is 0 Å². The molecular weight excluding hydrogens is 498 g/mol. The van der Waals surface area contributed by atoms with Gasteiger partial charge in [-0.1, -0.05) is 67.8 Å². The van der Waals surface area contributed by atoms with Crippen LogP contribution in [0.2, 0.25) is 0 Å². The third-order valence-electron chi connectivity index (χ3n) is 6.46. The molecule has 3 aliphatic carbocycles. The summed E-state index contributed by atoms with van der Waals surface area (Å²) in [7, 11) is 0. The Hall–Kier alpha value is -0.747. The Morgan fingerprint density at radius 3 is 2.23 bits per heavy atom. The van der Waals surface area contributed by atoms with Crippen LogP contribution in [-0.2, 0) is 43.5 Å². The zero-order chi connectivity index (χ0) is 20.2. The van der Waals surface area contributed by atoms with Crippen molar-refractivity contribution >= 4 is 8.78 Å². The molecule has 0 aliphatic heterocycles.